The first-order valence-corrected chi connectivity index (χ1v) is 6.70. The van der Waals surface area contributed by atoms with E-state index in [9.17, 15) is 9.90 Å². The van der Waals surface area contributed by atoms with E-state index < -0.39 is 12.0 Å². The van der Waals surface area contributed by atoms with Crippen LogP contribution in [-0.4, -0.2) is 23.2 Å². The van der Waals surface area contributed by atoms with Crippen molar-refractivity contribution in [2.24, 2.45) is 5.92 Å². The largest absolute Gasteiger partial charge is 0.469 e. The Morgan fingerprint density at radius 2 is 2.10 bits per heavy atom. The minimum Gasteiger partial charge on any atom is -0.469 e. The summed E-state index contributed by atoms with van der Waals surface area (Å²) in [7, 11) is 1.34. The first-order chi connectivity index (χ1) is 9.56. The molecule has 0 amide bonds. The number of rotatable bonds is 4. The van der Waals surface area contributed by atoms with Crippen molar-refractivity contribution < 1.29 is 14.6 Å². The maximum Gasteiger partial charge on any atom is 0.311 e. The average Bonchev–Trinajstić information content (AvgIpc) is 2.46. The highest BCUT2D eigenvalue weighted by Crippen LogP contribution is 2.28. The molecular formula is C16H19NO3. The number of benzene rings is 1. The summed E-state index contributed by atoms with van der Waals surface area (Å²) in [6.07, 6.45) is -0.337. The van der Waals surface area contributed by atoms with Crippen molar-refractivity contribution in [2.45, 2.75) is 26.4 Å². The van der Waals surface area contributed by atoms with E-state index in [1.54, 1.807) is 0 Å². The number of carbonyl (C=O) groups excluding carboxylic acids is 1. The normalized spacial score (nSPS) is 14.0. The number of methoxy groups -OCH3 is 1. The van der Waals surface area contributed by atoms with Gasteiger partial charge in [0.05, 0.1) is 24.6 Å². The number of nitrogens with zero attached hydrogens (tertiary/aromatic N) is 1. The lowest BCUT2D eigenvalue weighted by Gasteiger charge is -2.19. The van der Waals surface area contributed by atoms with Gasteiger partial charge in [-0.1, -0.05) is 19.1 Å². The van der Waals surface area contributed by atoms with Crippen LogP contribution in [0.25, 0.3) is 10.9 Å². The summed E-state index contributed by atoms with van der Waals surface area (Å²) >= 11 is 0. The molecule has 0 aliphatic rings. The number of aliphatic hydroxyl groups is 1. The third kappa shape index (κ3) is 2.80. The summed E-state index contributed by atoms with van der Waals surface area (Å²) in [6, 6.07) is 9.44. The molecule has 0 spiro atoms. The van der Waals surface area contributed by atoms with Crippen LogP contribution in [0, 0.1) is 12.8 Å². The Labute approximate surface area is 118 Å². The minimum atomic E-state index is -0.863. The molecule has 0 saturated heterocycles. The number of aliphatic hydroxyl groups excluding tert-OH is 1. The molecule has 2 aromatic rings. The number of carbonyl (C=O) groups is 1. The van der Waals surface area contributed by atoms with Gasteiger partial charge in [0.1, 0.15) is 0 Å². The highest BCUT2D eigenvalue weighted by molar-refractivity contribution is 5.80. The summed E-state index contributed by atoms with van der Waals surface area (Å²) in [5, 5.41) is 11.3. The van der Waals surface area contributed by atoms with Crippen molar-refractivity contribution in [3.05, 3.63) is 41.6 Å². The van der Waals surface area contributed by atoms with Crippen LogP contribution in [0.15, 0.2) is 30.3 Å². The van der Waals surface area contributed by atoms with Crippen LogP contribution in [0.3, 0.4) is 0 Å². The number of aromatic nitrogens is 1. The zero-order valence-corrected chi connectivity index (χ0v) is 12.0. The number of esters is 1. The van der Waals surface area contributed by atoms with Gasteiger partial charge < -0.3 is 9.84 Å². The van der Waals surface area contributed by atoms with Crippen molar-refractivity contribution in [3.8, 4) is 0 Å². The number of pyridine rings is 1. The Balaban J connectivity index is 2.36. The Hall–Kier alpha value is -1.94. The molecule has 1 heterocycles. The number of fused-ring (bicyclic) bond motifs is 1. The van der Waals surface area contributed by atoms with E-state index in [4.69, 9.17) is 4.74 Å². The smallest absolute Gasteiger partial charge is 0.311 e. The summed E-state index contributed by atoms with van der Waals surface area (Å²) in [4.78, 5) is 16.1. The number of hydrogen-bond acceptors (Lipinski definition) is 4. The molecular weight excluding hydrogens is 254 g/mol. The van der Waals surface area contributed by atoms with E-state index in [1.165, 1.54) is 7.11 Å². The standard InChI is InChI=1S/C16H19NO3/c1-4-13(16(19)20-3)15(18)12-7-8-14-11(9-12)6-5-10(2)17-14/h5-9,13,15,18H,4H2,1-3H3. The second kappa shape index (κ2) is 6.01. The summed E-state index contributed by atoms with van der Waals surface area (Å²) < 4.78 is 4.74. The SMILES string of the molecule is CCC(C(=O)OC)C(O)c1ccc2nc(C)ccc2c1. The highest BCUT2D eigenvalue weighted by atomic mass is 16.5. The van der Waals surface area contributed by atoms with Crippen LogP contribution in [0.5, 0.6) is 0 Å². The fraction of sp³-hybridized carbons (Fsp3) is 0.375. The van der Waals surface area contributed by atoms with Gasteiger partial charge in [-0.25, -0.2) is 0 Å². The molecule has 20 heavy (non-hydrogen) atoms. The Kier molecular flexibility index (Phi) is 4.35. The summed E-state index contributed by atoms with van der Waals surface area (Å²) in [5.41, 5.74) is 2.54. The minimum absolute atomic E-state index is 0.387. The van der Waals surface area contributed by atoms with Gasteiger partial charge in [-0.15, -0.1) is 0 Å². The molecule has 0 fully saturated rings. The molecule has 2 atom stereocenters. The molecule has 0 radical (unpaired) electrons. The summed E-state index contributed by atoms with van der Waals surface area (Å²) in [6.45, 7) is 3.79. The Bertz CT molecular complexity index is 624. The van der Waals surface area contributed by atoms with E-state index in [0.29, 0.717) is 12.0 Å². The van der Waals surface area contributed by atoms with Crippen molar-refractivity contribution in [1.29, 1.82) is 0 Å². The van der Waals surface area contributed by atoms with E-state index in [-0.39, 0.29) is 5.97 Å². The molecule has 4 heteroatoms. The van der Waals surface area contributed by atoms with E-state index in [1.807, 2.05) is 44.2 Å². The fourth-order valence-corrected chi connectivity index (χ4v) is 2.33. The molecule has 1 aromatic heterocycles. The van der Waals surface area contributed by atoms with Crippen LogP contribution >= 0.6 is 0 Å². The molecule has 0 saturated carbocycles. The van der Waals surface area contributed by atoms with Crippen LogP contribution in [0.4, 0.5) is 0 Å². The molecule has 2 unspecified atom stereocenters. The van der Waals surface area contributed by atoms with E-state index in [0.717, 1.165) is 16.6 Å². The third-order valence-corrected chi connectivity index (χ3v) is 3.52. The zero-order valence-electron chi connectivity index (χ0n) is 12.0. The van der Waals surface area contributed by atoms with Gasteiger partial charge >= 0.3 is 5.97 Å². The van der Waals surface area contributed by atoms with Gasteiger partial charge in [0, 0.05) is 11.1 Å². The summed E-state index contributed by atoms with van der Waals surface area (Å²) in [5.74, 6) is -0.932. The van der Waals surface area contributed by atoms with Crippen LogP contribution in [-0.2, 0) is 9.53 Å². The van der Waals surface area contributed by atoms with Gasteiger partial charge in [0.25, 0.3) is 0 Å². The topological polar surface area (TPSA) is 59.4 Å². The molecule has 1 aromatic carbocycles. The Morgan fingerprint density at radius 1 is 1.35 bits per heavy atom. The van der Waals surface area contributed by atoms with Crippen LogP contribution in [0.2, 0.25) is 0 Å². The van der Waals surface area contributed by atoms with E-state index in [2.05, 4.69) is 4.98 Å². The molecule has 2 rings (SSSR count). The van der Waals surface area contributed by atoms with Gasteiger partial charge in [0.15, 0.2) is 0 Å². The first-order valence-electron chi connectivity index (χ1n) is 6.70. The molecule has 0 aliphatic carbocycles. The number of ether oxygens (including phenoxy) is 1. The third-order valence-electron chi connectivity index (χ3n) is 3.52. The average molecular weight is 273 g/mol. The van der Waals surface area contributed by atoms with Crippen LogP contribution < -0.4 is 0 Å². The number of hydrogen-bond donors (Lipinski definition) is 1. The molecule has 106 valence electrons. The monoisotopic (exact) mass is 273 g/mol. The van der Waals surface area contributed by atoms with Crippen molar-refractivity contribution >= 4 is 16.9 Å². The quantitative estimate of drug-likeness (QED) is 0.870. The van der Waals surface area contributed by atoms with Gasteiger partial charge in [-0.05, 0) is 37.1 Å². The second-order valence-corrected chi connectivity index (χ2v) is 4.89. The number of aryl methyl sites for hydroxylation is 1. The van der Waals surface area contributed by atoms with E-state index >= 15 is 0 Å². The van der Waals surface area contributed by atoms with Gasteiger partial charge in [-0.3, -0.25) is 9.78 Å². The van der Waals surface area contributed by atoms with Crippen LogP contribution in [0.1, 0.15) is 30.7 Å². The molecule has 4 nitrogen and oxygen atoms in total. The lowest BCUT2D eigenvalue weighted by Crippen LogP contribution is -2.23. The van der Waals surface area contributed by atoms with Crippen molar-refractivity contribution in [1.82, 2.24) is 4.98 Å². The van der Waals surface area contributed by atoms with Gasteiger partial charge in [-0.2, -0.15) is 0 Å². The Morgan fingerprint density at radius 3 is 2.75 bits per heavy atom. The molecule has 0 aliphatic heterocycles. The van der Waals surface area contributed by atoms with Gasteiger partial charge in [0.2, 0.25) is 0 Å². The lowest BCUT2D eigenvalue weighted by atomic mass is 9.92. The maximum absolute atomic E-state index is 11.7. The maximum atomic E-state index is 11.7. The van der Waals surface area contributed by atoms with Crippen molar-refractivity contribution in [2.75, 3.05) is 7.11 Å². The highest BCUT2D eigenvalue weighted by Gasteiger charge is 2.27. The zero-order chi connectivity index (χ0) is 14.7. The second-order valence-electron chi connectivity index (χ2n) is 4.89. The fourth-order valence-electron chi connectivity index (χ4n) is 2.33. The predicted molar refractivity (Wildman–Crippen MR) is 77.2 cm³/mol. The first kappa shape index (κ1) is 14.5. The lowest BCUT2D eigenvalue weighted by molar-refractivity contribution is -0.149. The molecule has 1 N–H and O–H groups in total. The van der Waals surface area contributed by atoms with Crippen molar-refractivity contribution in [3.63, 3.8) is 0 Å². The molecule has 0 bridgehead atoms. The predicted octanol–water partition coefficient (Wildman–Crippen LogP) is 2.78.